The second-order valence-electron chi connectivity index (χ2n) is 5.41. The van der Waals surface area contributed by atoms with Crippen molar-refractivity contribution in [1.82, 2.24) is 5.32 Å². The monoisotopic (exact) mass is 347 g/mol. The van der Waals surface area contributed by atoms with Crippen LogP contribution < -0.4 is 14.8 Å². The van der Waals surface area contributed by atoms with E-state index in [1.807, 2.05) is 0 Å². The smallest absolute Gasteiger partial charge is 0.217 e. The van der Waals surface area contributed by atoms with Crippen LogP contribution in [0.5, 0.6) is 11.5 Å². The van der Waals surface area contributed by atoms with Crippen molar-refractivity contribution in [2.45, 2.75) is 22.8 Å². The minimum Gasteiger partial charge on any atom is -0.486 e. The van der Waals surface area contributed by atoms with Gasteiger partial charge in [0.1, 0.15) is 12.7 Å². The molecular weight excluding hydrogens is 330 g/mol. The highest BCUT2D eigenvalue weighted by atomic mass is 32.2. The zero-order valence-corrected chi connectivity index (χ0v) is 13.9. The lowest BCUT2D eigenvalue weighted by atomic mass is 10.2. The number of carbonyl (C=O) groups is 1. The maximum atomic E-state index is 12.7. The third kappa shape index (κ3) is 3.35. The molecule has 7 heteroatoms. The van der Waals surface area contributed by atoms with E-state index in [1.165, 1.54) is 19.1 Å². The molecule has 0 spiro atoms. The van der Waals surface area contributed by atoms with Crippen molar-refractivity contribution in [3.05, 3.63) is 48.5 Å². The number of hydrogen-bond donors (Lipinski definition) is 1. The summed E-state index contributed by atoms with van der Waals surface area (Å²) in [6.45, 7) is 2.00. The van der Waals surface area contributed by atoms with Crippen molar-refractivity contribution in [1.29, 1.82) is 0 Å². The summed E-state index contributed by atoms with van der Waals surface area (Å²) in [6.07, 6.45) is -0.365. The van der Waals surface area contributed by atoms with Gasteiger partial charge in [0.2, 0.25) is 15.7 Å². The third-order valence-corrected chi connectivity index (χ3v) is 5.34. The van der Waals surface area contributed by atoms with Crippen LogP contribution in [0.1, 0.15) is 6.92 Å². The summed E-state index contributed by atoms with van der Waals surface area (Å²) in [6, 6.07) is 12.7. The van der Waals surface area contributed by atoms with E-state index in [4.69, 9.17) is 9.47 Å². The number of benzene rings is 2. The molecule has 0 aromatic heterocycles. The van der Waals surface area contributed by atoms with Gasteiger partial charge in [-0.15, -0.1) is 0 Å². The molecule has 0 bridgehead atoms. The number of hydrogen-bond acceptors (Lipinski definition) is 5. The molecule has 1 aliphatic rings. The molecule has 1 heterocycles. The quantitative estimate of drug-likeness (QED) is 0.912. The predicted octanol–water partition coefficient (Wildman–Crippen LogP) is 1.80. The minimum absolute atomic E-state index is 0.135. The molecule has 0 radical (unpaired) electrons. The molecule has 1 aliphatic heterocycles. The van der Waals surface area contributed by atoms with Gasteiger partial charge in [0.05, 0.1) is 16.3 Å². The van der Waals surface area contributed by atoms with E-state index in [-0.39, 0.29) is 28.4 Å². The summed E-state index contributed by atoms with van der Waals surface area (Å²) in [5.74, 6) is 0.680. The van der Waals surface area contributed by atoms with Gasteiger partial charge in [-0.2, -0.15) is 0 Å². The van der Waals surface area contributed by atoms with Crippen LogP contribution in [0.15, 0.2) is 58.3 Å². The molecule has 0 saturated heterocycles. The van der Waals surface area contributed by atoms with Gasteiger partial charge in [0, 0.05) is 13.0 Å². The van der Waals surface area contributed by atoms with Crippen LogP contribution in [0, 0.1) is 0 Å². The number of sulfone groups is 1. The maximum Gasteiger partial charge on any atom is 0.217 e. The maximum absolute atomic E-state index is 12.7. The summed E-state index contributed by atoms with van der Waals surface area (Å²) < 4.78 is 36.6. The van der Waals surface area contributed by atoms with E-state index in [9.17, 15) is 13.2 Å². The summed E-state index contributed by atoms with van der Waals surface area (Å²) in [7, 11) is -3.62. The highest BCUT2D eigenvalue weighted by Crippen LogP contribution is 2.35. The lowest BCUT2D eigenvalue weighted by Crippen LogP contribution is -2.40. The Kier molecular flexibility index (Phi) is 4.44. The fourth-order valence-corrected chi connectivity index (χ4v) is 3.65. The molecule has 0 aliphatic carbocycles. The van der Waals surface area contributed by atoms with Crippen molar-refractivity contribution in [3.8, 4) is 11.5 Å². The average molecular weight is 347 g/mol. The van der Waals surface area contributed by atoms with Crippen molar-refractivity contribution in [2.24, 2.45) is 0 Å². The van der Waals surface area contributed by atoms with Crippen molar-refractivity contribution in [2.75, 3.05) is 13.2 Å². The van der Waals surface area contributed by atoms with Crippen LogP contribution >= 0.6 is 0 Å². The standard InChI is InChI=1S/C17H17NO5S/c1-12(19)18-10-13-11-22-16-8-7-15(9-17(16)23-13)24(20,21)14-5-3-2-4-6-14/h2-9,13H,10-11H2,1H3,(H,18,19). The molecule has 2 aromatic rings. The van der Waals surface area contributed by atoms with Crippen molar-refractivity contribution >= 4 is 15.7 Å². The lowest BCUT2D eigenvalue weighted by molar-refractivity contribution is -0.119. The highest BCUT2D eigenvalue weighted by molar-refractivity contribution is 7.91. The van der Waals surface area contributed by atoms with Crippen molar-refractivity contribution < 1.29 is 22.7 Å². The summed E-state index contributed by atoms with van der Waals surface area (Å²) in [4.78, 5) is 11.3. The molecule has 1 N–H and O–H groups in total. The van der Waals surface area contributed by atoms with Gasteiger partial charge in [-0.1, -0.05) is 18.2 Å². The zero-order chi connectivity index (χ0) is 17.2. The number of amides is 1. The van der Waals surface area contributed by atoms with Crippen LogP contribution in [-0.4, -0.2) is 33.6 Å². The minimum atomic E-state index is -3.62. The Morgan fingerprint density at radius 3 is 2.58 bits per heavy atom. The van der Waals surface area contributed by atoms with Crippen LogP contribution in [0.2, 0.25) is 0 Å². The van der Waals surface area contributed by atoms with E-state index >= 15 is 0 Å². The second-order valence-corrected chi connectivity index (χ2v) is 7.36. The molecule has 3 rings (SSSR count). The molecule has 24 heavy (non-hydrogen) atoms. The Labute approximate surface area is 140 Å². The Hall–Kier alpha value is -2.54. The zero-order valence-electron chi connectivity index (χ0n) is 13.1. The second kappa shape index (κ2) is 6.52. The number of nitrogens with one attached hydrogen (secondary N) is 1. The number of ether oxygens (including phenoxy) is 2. The molecule has 0 fully saturated rings. The van der Waals surface area contributed by atoms with Crippen molar-refractivity contribution in [3.63, 3.8) is 0 Å². The van der Waals surface area contributed by atoms with E-state index in [1.54, 1.807) is 36.4 Å². The largest absolute Gasteiger partial charge is 0.486 e. The topological polar surface area (TPSA) is 81.7 Å². The van der Waals surface area contributed by atoms with Crippen LogP contribution in [0.3, 0.4) is 0 Å². The molecule has 6 nitrogen and oxygen atoms in total. The van der Waals surface area contributed by atoms with Gasteiger partial charge in [0.15, 0.2) is 11.5 Å². The molecule has 1 amide bonds. The fourth-order valence-electron chi connectivity index (χ4n) is 2.36. The van der Waals surface area contributed by atoms with Gasteiger partial charge in [-0.25, -0.2) is 8.42 Å². The normalized spacial score (nSPS) is 16.5. The van der Waals surface area contributed by atoms with Crippen LogP contribution in [-0.2, 0) is 14.6 Å². The first kappa shape index (κ1) is 16.3. The van der Waals surface area contributed by atoms with E-state index in [0.717, 1.165) is 0 Å². The average Bonchev–Trinajstić information content (AvgIpc) is 2.60. The Bertz CT molecular complexity index is 849. The molecule has 1 atom stereocenters. The van der Waals surface area contributed by atoms with E-state index in [0.29, 0.717) is 18.0 Å². The Morgan fingerprint density at radius 2 is 1.88 bits per heavy atom. The van der Waals surface area contributed by atoms with Gasteiger partial charge >= 0.3 is 0 Å². The van der Waals surface area contributed by atoms with Gasteiger partial charge in [0.25, 0.3) is 0 Å². The molecular formula is C17H17NO5S. The van der Waals surface area contributed by atoms with Crippen LogP contribution in [0.4, 0.5) is 0 Å². The van der Waals surface area contributed by atoms with Crippen LogP contribution in [0.25, 0.3) is 0 Å². The highest BCUT2D eigenvalue weighted by Gasteiger charge is 2.25. The fraction of sp³-hybridized carbons (Fsp3) is 0.235. The third-order valence-electron chi connectivity index (χ3n) is 3.58. The molecule has 2 aromatic carbocycles. The SMILES string of the molecule is CC(=O)NCC1COc2ccc(S(=O)(=O)c3ccccc3)cc2O1. The van der Waals surface area contributed by atoms with E-state index < -0.39 is 9.84 Å². The first-order valence-corrected chi connectivity index (χ1v) is 8.93. The molecule has 0 saturated carbocycles. The number of fused-ring (bicyclic) bond motifs is 1. The molecule has 126 valence electrons. The Balaban J connectivity index is 1.86. The molecule has 1 unspecified atom stereocenters. The van der Waals surface area contributed by atoms with E-state index in [2.05, 4.69) is 5.32 Å². The summed E-state index contributed by atoms with van der Waals surface area (Å²) in [5, 5.41) is 2.65. The summed E-state index contributed by atoms with van der Waals surface area (Å²) >= 11 is 0. The van der Waals surface area contributed by atoms with Gasteiger partial charge < -0.3 is 14.8 Å². The first-order valence-electron chi connectivity index (χ1n) is 7.45. The lowest BCUT2D eigenvalue weighted by Gasteiger charge is -2.26. The number of rotatable bonds is 4. The first-order chi connectivity index (χ1) is 11.5. The van der Waals surface area contributed by atoms with Gasteiger partial charge in [-0.05, 0) is 24.3 Å². The summed E-state index contributed by atoms with van der Waals surface area (Å²) in [5.41, 5.74) is 0. The Morgan fingerprint density at radius 1 is 1.12 bits per heavy atom. The van der Waals surface area contributed by atoms with Gasteiger partial charge in [-0.3, -0.25) is 4.79 Å². The predicted molar refractivity (Wildman–Crippen MR) is 86.9 cm³/mol. The number of carbonyl (C=O) groups excluding carboxylic acids is 1.